The van der Waals surface area contributed by atoms with Gasteiger partial charge in [-0.25, -0.2) is 4.79 Å². The van der Waals surface area contributed by atoms with Crippen molar-refractivity contribution in [3.05, 3.63) is 53.1 Å². The van der Waals surface area contributed by atoms with Crippen LogP contribution in [-0.4, -0.2) is 13.1 Å². The van der Waals surface area contributed by atoms with Gasteiger partial charge in [0.05, 0.1) is 12.7 Å². The van der Waals surface area contributed by atoms with Crippen LogP contribution in [0.3, 0.4) is 0 Å². The molecule has 0 aliphatic heterocycles. The van der Waals surface area contributed by atoms with Gasteiger partial charge in [0.15, 0.2) is 0 Å². The fraction of sp³-hybridized carbons (Fsp3) is 0.0714. The zero-order valence-corrected chi connectivity index (χ0v) is 10.6. The molecule has 0 unspecified atom stereocenters. The predicted octanol–water partition coefficient (Wildman–Crippen LogP) is 3.38. The first-order valence-electron chi connectivity index (χ1n) is 5.35. The Labute approximate surface area is 110 Å². The highest BCUT2D eigenvalue weighted by Gasteiger charge is 2.09. The van der Waals surface area contributed by atoms with Crippen molar-refractivity contribution in [2.24, 2.45) is 0 Å². The van der Waals surface area contributed by atoms with Crippen molar-refractivity contribution in [3.63, 3.8) is 0 Å². The van der Waals surface area contributed by atoms with Crippen LogP contribution in [0.1, 0.15) is 10.4 Å². The van der Waals surface area contributed by atoms with Gasteiger partial charge in [0.2, 0.25) is 0 Å². The van der Waals surface area contributed by atoms with E-state index in [0.29, 0.717) is 16.3 Å². The Kier molecular flexibility index (Phi) is 3.53. The molecule has 0 amide bonds. The summed E-state index contributed by atoms with van der Waals surface area (Å²) in [4.78, 5) is 11.5. The van der Waals surface area contributed by atoms with Crippen LogP contribution in [0.15, 0.2) is 42.5 Å². The molecule has 0 aliphatic rings. The molecular weight excluding hydrogens is 250 g/mol. The van der Waals surface area contributed by atoms with Crippen LogP contribution in [0.2, 0.25) is 5.02 Å². The molecule has 0 heterocycles. The number of methoxy groups -OCH3 is 1. The maximum absolute atomic E-state index is 11.5. The van der Waals surface area contributed by atoms with Crippen LogP contribution in [0, 0.1) is 0 Å². The number of nitrogen functional groups attached to an aromatic ring is 1. The summed E-state index contributed by atoms with van der Waals surface area (Å²) >= 11 is 5.84. The lowest BCUT2D eigenvalue weighted by molar-refractivity contribution is 0.0601. The number of rotatable bonds is 2. The number of hydrogen-bond acceptors (Lipinski definition) is 3. The van der Waals surface area contributed by atoms with Crippen molar-refractivity contribution in [2.75, 3.05) is 12.8 Å². The first kappa shape index (κ1) is 12.5. The lowest BCUT2D eigenvalue weighted by Gasteiger charge is -2.08. The molecule has 18 heavy (non-hydrogen) atoms. The van der Waals surface area contributed by atoms with Gasteiger partial charge in [-0.15, -0.1) is 0 Å². The normalized spacial score (nSPS) is 10.1. The second kappa shape index (κ2) is 5.10. The lowest BCUT2D eigenvalue weighted by atomic mass is 10.0. The topological polar surface area (TPSA) is 52.3 Å². The SMILES string of the molecule is COC(=O)c1ccc(N)c(-c2ccc(Cl)cc2)c1. The van der Waals surface area contributed by atoms with Crippen molar-refractivity contribution < 1.29 is 9.53 Å². The third-order valence-electron chi connectivity index (χ3n) is 2.63. The molecule has 3 nitrogen and oxygen atoms in total. The zero-order chi connectivity index (χ0) is 13.1. The maximum Gasteiger partial charge on any atom is 0.337 e. The van der Waals surface area contributed by atoms with E-state index in [2.05, 4.69) is 4.74 Å². The number of halogens is 1. The average molecular weight is 262 g/mol. The quantitative estimate of drug-likeness (QED) is 0.666. The maximum atomic E-state index is 11.5. The summed E-state index contributed by atoms with van der Waals surface area (Å²) in [5.41, 5.74) is 8.68. The fourth-order valence-electron chi connectivity index (χ4n) is 1.68. The van der Waals surface area contributed by atoms with Gasteiger partial charge in [-0.05, 0) is 35.9 Å². The molecular formula is C14H12ClNO2. The second-order valence-electron chi connectivity index (χ2n) is 3.80. The second-order valence-corrected chi connectivity index (χ2v) is 4.24. The first-order chi connectivity index (χ1) is 8.61. The summed E-state index contributed by atoms with van der Waals surface area (Å²) in [7, 11) is 1.35. The van der Waals surface area contributed by atoms with Gasteiger partial charge >= 0.3 is 5.97 Å². The Morgan fingerprint density at radius 2 is 1.83 bits per heavy atom. The van der Waals surface area contributed by atoms with E-state index in [9.17, 15) is 4.79 Å². The molecule has 2 N–H and O–H groups in total. The van der Waals surface area contributed by atoms with Gasteiger partial charge in [0.1, 0.15) is 0 Å². The van der Waals surface area contributed by atoms with E-state index >= 15 is 0 Å². The van der Waals surface area contributed by atoms with Crippen molar-refractivity contribution in [3.8, 4) is 11.1 Å². The Hall–Kier alpha value is -2.00. The largest absolute Gasteiger partial charge is 0.465 e. The molecule has 0 aromatic heterocycles. The number of ether oxygens (including phenoxy) is 1. The summed E-state index contributed by atoms with van der Waals surface area (Å²) in [6.45, 7) is 0. The van der Waals surface area contributed by atoms with Gasteiger partial charge in [-0.3, -0.25) is 0 Å². The smallest absolute Gasteiger partial charge is 0.337 e. The van der Waals surface area contributed by atoms with Crippen LogP contribution in [-0.2, 0) is 4.74 Å². The highest BCUT2D eigenvalue weighted by molar-refractivity contribution is 6.30. The number of nitrogens with two attached hydrogens (primary N) is 1. The van der Waals surface area contributed by atoms with E-state index in [1.807, 2.05) is 12.1 Å². The van der Waals surface area contributed by atoms with Crippen LogP contribution in [0.25, 0.3) is 11.1 Å². The van der Waals surface area contributed by atoms with E-state index in [1.165, 1.54) is 7.11 Å². The third kappa shape index (κ3) is 2.46. The number of benzene rings is 2. The zero-order valence-electron chi connectivity index (χ0n) is 9.81. The lowest BCUT2D eigenvalue weighted by Crippen LogP contribution is -2.02. The number of carbonyl (C=O) groups excluding carboxylic acids is 1. The molecule has 2 aromatic rings. The Morgan fingerprint density at radius 1 is 1.17 bits per heavy atom. The number of esters is 1. The van der Waals surface area contributed by atoms with Crippen molar-refractivity contribution in [1.29, 1.82) is 0 Å². The number of hydrogen-bond donors (Lipinski definition) is 1. The molecule has 0 atom stereocenters. The van der Waals surface area contributed by atoms with Crippen LogP contribution in [0.4, 0.5) is 5.69 Å². The third-order valence-corrected chi connectivity index (χ3v) is 2.88. The van der Waals surface area contributed by atoms with E-state index in [4.69, 9.17) is 17.3 Å². The fourth-order valence-corrected chi connectivity index (χ4v) is 1.81. The summed E-state index contributed by atoms with van der Waals surface area (Å²) in [5.74, 6) is -0.384. The molecule has 0 bridgehead atoms. The van der Waals surface area contributed by atoms with E-state index in [0.717, 1.165) is 11.1 Å². The molecule has 92 valence electrons. The highest BCUT2D eigenvalue weighted by atomic mass is 35.5. The Bertz CT molecular complexity index is 579. The average Bonchev–Trinajstić information content (AvgIpc) is 2.39. The number of carbonyl (C=O) groups is 1. The monoisotopic (exact) mass is 261 g/mol. The van der Waals surface area contributed by atoms with Crippen LogP contribution >= 0.6 is 11.6 Å². The minimum absolute atomic E-state index is 0.384. The van der Waals surface area contributed by atoms with E-state index < -0.39 is 0 Å². The van der Waals surface area contributed by atoms with Crippen molar-refractivity contribution >= 4 is 23.3 Å². The highest BCUT2D eigenvalue weighted by Crippen LogP contribution is 2.28. The van der Waals surface area contributed by atoms with Gasteiger partial charge < -0.3 is 10.5 Å². The molecule has 0 saturated carbocycles. The summed E-state index contributed by atoms with van der Waals surface area (Å²) in [5, 5.41) is 0.654. The molecule has 4 heteroatoms. The molecule has 0 fully saturated rings. The number of anilines is 1. The van der Waals surface area contributed by atoms with Crippen LogP contribution < -0.4 is 5.73 Å². The van der Waals surface area contributed by atoms with Gasteiger partial charge in [-0.1, -0.05) is 23.7 Å². The molecule has 0 saturated heterocycles. The van der Waals surface area contributed by atoms with E-state index in [1.54, 1.807) is 30.3 Å². The Balaban J connectivity index is 2.49. The van der Waals surface area contributed by atoms with Gasteiger partial charge in [0, 0.05) is 16.3 Å². The summed E-state index contributed by atoms with van der Waals surface area (Å²) < 4.78 is 4.69. The Morgan fingerprint density at radius 3 is 2.44 bits per heavy atom. The van der Waals surface area contributed by atoms with Crippen LogP contribution in [0.5, 0.6) is 0 Å². The standard InChI is InChI=1S/C14H12ClNO2/c1-18-14(17)10-4-7-13(16)12(8-10)9-2-5-11(15)6-3-9/h2-8H,16H2,1H3. The minimum Gasteiger partial charge on any atom is -0.465 e. The minimum atomic E-state index is -0.384. The summed E-state index contributed by atoms with van der Waals surface area (Å²) in [6, 6.07) is 12.3. The first-order valence-corrected chi connectivity index (χ1v) is 5.73. The van der Waals surface area contributed by atoms with Gasteiger partial charge in [-0.2, -0.15) is 0 Å². The predicted molar refractivity (Wildman–Crippen MR) is 72.6 cm³/mol. The molecule has 2 rings (SSSR count). The molecule has 0 aliphatic carbocycles. The molecule has 0 spiro atoms. The summed E-state index contributed by atoms with van der Waals surface area (Å²) in [6.07, 6.45) is 0. The van der Waals surface area contributed by atoms with Crippen molar-refractivity contribution in [1.82, 2.24) is 0 Å². The van der Waals surface area contributed by atoms with E-state index in [-0.39, 0.29) is 5.97 Å². The molecule has 2 aromatic carbocycles. The van der Waals surface area contributed by atoms with Gasteiger partial charge in [0.25, 0.3) is 0 Å². The van der Waals surface area contributed by atoms with Crippen molar-refractivity contribution in [2.45, 2.75) is 0 Å². The molecule has 0 radical (unpaired) electrons.